The molecule has 26 heavy (non-hydrogen) atoms. The lowest BCUT2D eigenvalue weighted by molar-refractivity contribution is 0.0988. The Kier molecular flexibility index (Phi) is 4.82. The maximum absolute atomic E-state index is 12.7. The molecular weight excluding hydrogens is 352 g/mol. The van der Waals surface area contributed by atoms with Crippen LogP contribution in [0.25, 0.3) is 10.2 Å². The molecule has 0 saturated heterocycles. The van der Waals surface area contributed by atoms with Crippen molar-refractivity contribution in [1.29, 1.82) is 0 Å². The summed E-state index contributed by atoms with van der Waals surface area (Å²) in [7, 11) is 4.86. The van der Waals surface area contributed by atoms with Gasteiger partial charge in [0.15, 0.2) is 16.3 Å². The Bertz CT molecular complexity index is 1080. The summed E-state index contributed by atoms with van der Waals surface area (Å²) in [6.45, 7) is 2.11. The number of aryl methyl sites for hydroxylation is 2. The summed E-state index contributed by atoms with van der Waals surface area (Å²) in [5.41, 5.74) is 2.05. The van der Waals surface area contributed by atoms with Crippen LogP contribution in [0.4, 0.5) is 0 Å². The molecule has 0 aliphatic heterocycles. The number of nitrogens with zero attached hydrogens (tertiary/aromatic N) is 4. The van der Waals surface area contributed by atoms with Crippen LogP contribution in [0.5, 0.6) is 11.5 Å². The first kappa shape index (κ1) is 17.8. The van der Waals surface area contributed by atoms with E-state index >= 15 is 0 Å². The Morgan fingerprint density at radius 1 is 1.35 bits per heavy atom. The fourth-order valence-corrected chi connectivity index (χ4v) is 3.76. The first-order valence-corrected chi connectivity index (χ1v) is 8.58. The number of benzene rings is 1. The van der Waals surface area contributed by atoms with E-state index in [2.05, 4.69) is 16.0 Å². The molecule has 134 valence electrons. The highest BCUT2D eigenvalue weighted by molar-refractivity contribution is 7.16. The van der Waals surface area contributed by atoms with Crippen molar-refractivity contribution in [2.75, 3.05) is 14.2 Å². The first-order valence-electron chi connectivity index (χ1n) is 7.76. The number of hydrogen-bond donors (Lipinski definition) is 0. The van der Waals surface area contributed by atoms with E-state index in [-0.39, 0.29) is 12.5 Å². The zero-order chi connectivity index (χ0) is 18.8. The molecule has 1 aromatic carbocycles. The summed E-state index contributed by atoms with van der Waals surface area (Å²) in [4.78, 5) is 17.5. The normalized spacial score (nSPS) is 11.6. The van der Waals surface area contributed by atoms with Crippen molar-refractivity contribution in [3.8, 4) is 23.8 Å². The third kappa shape index (κ3) is 2.97. The van der Waals surface area contributed by atoms with E-state index in [1.807, 2.05) is 23.6 Å². The van der Waals surface area contributed by atoms with E-state index in [1.54, 1.807) is 27.5 Å². The summed E-state index contributed by atoms with van der Waals surface area (Å²) in [6.07, 6.45) is 7.15. The van der Waals surface area contributed by atoms with Gasteiger partial charge in [0.1, 0.15) is 5.69 Å². The number of fused-ring (bicyclic) bond motifs is 1. The average molecular weight is 370 g/mol. The number of carbonyl (C=O) groups excluding carboxylic acids is 1. The van der Waals surface area contributed by atoms with E-state index in [4.69, 9.17) is 15.9 Å². The number of terminal acetylenes is 1. The number of methoxy groups -OCH3 is 2. The van der Waals surface area contributed by atoms with Gasteiger partial charge in [-0.3, -0.25) is 9.48 Å². The van der Waals surface area contributed by atoms with Gasteiger partial charge in [-0.05, 0) is 6.92 Å². The lowest BCUT2D eigenvalue weighted by Gasteiger charge is -2.08. The minimum atomic E-state index is -0.362. The number of rotatable bonds is 4. The van der Waals surface area contributed by atoms with Crippen LogP contribution in [0.1, 0.15) is 16.1 Å². The van der Waals surface area contributed by atoms with Gasteiger partial charge in [-0.2, -0.15) is 10.1 Å². The zero-order valence-corrected chi connectivity index (χ0v) is 15.8. The standard InChI is InChI=1S/C18H18N4O3S/c1-6-7-22-12-8-13(24-4)14(25-5)9-15(12)26-18(22)20-17(23)16-11(2)10-19-21(16)3/h1,8-10H,7H2,2-5H3. The Hall–Kier alpha value is -3.05. The Morgan fingerprint density at radius 2 is 2.04 bits per heavy atom. The van der Waals surface area contributed by atoms with Crippen molar-refractivity contribution in [3.63, 3.8) is 0 Å². The molecule has 1 amide bonds. The van der Waals surface area contributed by atoms with Crippen molar-refractivity contribution < 1.29 is 14.3 Å². The molecule has 0 fully saturated rings. The van der Waals surface area contributed by atoms with Crippen LogP contribution in [0.2, 0.25) is 0 Å². The molecule has 0 bridgehead atoms. The van der Waals surface area contributed by atoms with Crippen LogP contribution in [-0.4, -0.2) is 34.5 Å². The molecule has 2 heterocycles. The van der Waals surface area contributed by atoms with Gasteiger partial charge in [0.25, 0.3) is 5.91 Å². The van der Waals surface area contributed by atoms with E-state index < -0.39 is 0 Å². The highest BCUT2D eigenvalue weighted by Gasteiger charge is 2.16. The van der Waals surface area contributed by atoms with Gasteiger partial charge < -0.3 is 14.0 Å². The van der Waals surface area contributed by atoms with Gasteiger partial charge in [0.05, 0.1) is 37.2 Å². The van der Waals surface area contributed by atoms with Crippen LogP contribution in [-0.2, 0) is 13.6 Å². The fraction of sp³-hybridized carbons (Fsp3) is 0.278. The molecule has 3 aromatic rings. The van der Waals surface area contributed by atoms with E-state index in [0.29, 0.717) is 22.0 Å². The SMILES string of the molecule is C#CCn1c(=NC(=O)c2c(C)cnn2C)sc2cc(OC)c(OC)cc21. The molecule has 0 atom stereocenters. The van der Waals surface area contributed by atoms with E-state index in [0.717, 1.165) is 15.8 Å². The Morgan fingerprint density at radius 3 is 2.62 bits per heavy atom. The first-order chi connectivity index (χ1) is 12.5. The minimum absolute atomic E-state index is 0.284. The smallest absolute Gasteiger partial charge is 0.298 e. The van der Waals surface area contributed by atoms with Crippen molar-refractivity contribution in [1.82, 2.24) is 14.3 Å². The van der Waals surface area contributed by atoms with Crippen LogP contribution in [0, 0.1) is 19.3 Å². The largest absolute Gasteiger partial charge is 0.493 e. The molecule has 0 saturated carbocycles. The molecule has 0 spiro atoms. The van der Waals surface area contributed by atoms with Crippen molar-refractivity contribution in [2.45, 2.75) is 13.5 Å². The highest BCUT2D eigenvalue weighted by atomic mass is 32.1. The Labute approximate surface area is 154 Å². The monoisotopic (exact) mass is 370 g/mol. The van der Waals surface area contributed by atoms with Crippen molar-refractivity contribution in [2.24, 2.45) is 12.0 Å². The molecule has 8 heteroatoms. The number of carbonyl (C=O) groups is 1. The van der Waals surface area contributed by atoms with Crippen LogP contribution in [0.3, 0.4) is 0 Å². The lowest BCUT2D eigenvalue weighted by Crippen LogP contribution is -2.18. The second-order valence-corrected chi connectivity index (χ2v) is 6.58. The summed E-state index contributed by atoms with van der Waals surface area (Å²) >= 11 is 1.36. The molecule has 0 unspecified atom stereocenters. The number of thiazole rings is 1. The summed E-state index contributed by atoms with van der Waals surface area (Å²) in [5.74, 6) is 3.44. The molecule has 2 aromatic heterocycles. The van der Waals surface area contributed by atoms with Crippen LogP contribution >= 0.6 is 11.3 Å². The molecular formula is C18H18N4O3S. The van der Waals surface area contributed by atoms with E-state index in [9.17, 15) is 4.79 Å². The predicted octanol–water partition coefficient (Wildman–Crippen LogP) is 2.14. The number of aromatic nitrogens is 3. The topological polar surface area (TPSA) is 70.6 Å². The molecule has 3 rings (SSSR count). The third-order valence-corrected chi connectivity index (χ3v) is 5.00. The highest BCUT2D eigenvalue weighted by Crippen LogP contribution is 2.33. The van der Waals surface area contributed by atoms with Crippen molar-refractivity contribution in [3.05, 3.63) is 34.4 Å². The maximum atomic E-state index is 12.7. The second kappa shape index (κ2) is 7.06. The molecule has 0 radical (unpaired) electrons. The zero-order valence-electron chi connectivity index (χ0n) is 14.9. The quantitative estimate of drug-likeness (QED) is 0.660. The number of amides is 1. The summed E-state index contributed by atoms with van der Waals surface area (Å²) in [6, 6.07) is 3.69. The van der Waals surface area contributed by atoms with Gasteiger partial charge in [-0.25, -0.2) is 0 Å². The minimum Gasteiger partial charge on any atom is -0.493 e. The van der Waals surface area contributed by atoms with E-state index in [1.165, 1.54) is 16.0 Å². The van der Waals surface area contributed by atoms with Gasteiger partial charge in [-0.15, -0.1) is 6.42 Å². The summed E-state index contributed by atoms with van der Waals surface area (Å²) in [5, 5.41) is 4.09. The van der Waals surface area contributed by atoms with Crippen LogP contribution < -0.4 is 14.3 Å². The number of ether oxygens (including phenoxy) is 2. The molecule has 0 aliphatic rings. The lowest BCUT2D eigenvalue weighted by atomic mass is 10.2. The van der Waals surface area contributed by atoms with Gasteiger partial charge in [-0.1, -0.05) is 17.3 Å². The van der Waals surface area contributed by atoms with Gasteiger partial charge in [0, 0.05) is 24.7 Å². The predicted molar refractivity (Wildman–Crippen MR) is 99.6 cm³/mol. The van der Waals surface area contributed by atoms with Gasteiger partial charge in [0.2, 0.25) is 0 Å². The van der Waals surface area contributed by atoms with Gasteiger partial charge >= 0.3 is 0 Å². The summed E-state index contributed by atoms with van der Waals surface area (Å²) < 4.78 is 14.9. The second-order valence-electron chi connectivity index (χ2n) is 5.57. The maximum Gasteiger partial charge on any atom is 0.298 e. The third-order valence-electron chi connectivity index (χ3n) is 3.96. The number of hydrogen-bond acceptors (Lipinski definition) is 5. The fourth-order valence-electron chi connectivity index (χ4n) is 2.72. The molecule has 0 N–H and O–H groups in total. The van der Waals surface area contributed by atoms with Crippen LogP contribution in [0.15, 0.2) is 23.3 Å². The molecule has 7 nitrogen and oxygen atoms in total. The Balaban J connectivity index is 2.23. The average Bonchev–Trinajstić information content (AvgIpc) is 3.13. The van der Waals surface area contributed by atoms with Crippen molar-refractivity contribution >= 4 is 27.5 Å². The molecule has 0 aliphatic carbocycles.